The molecule has 6 aromatic rings. The monoisotopic (exact) mass is 726 g/mol. The van der Waals surface area contributed by atoms with Crippen LogP contribution in [-0.2, 0) is 31.2 Å². The Balaban J connectivity index is 1.08. The quantitative estimate of drug-likeness (QED) is 0.137. The molecule has 1 aliphatic heterocycles. The number of aliphatic hydroxyl groups excluding tert-OH is 1. The number of amides is 2. The van der Waals surface area contributed by atoms with E-state index in [9.17, 15) is 14.7 Å². The molecule has 2 amide bonds. The van der Waals surface area contributed by atoms with Crippen molar-refractivity contribution in [3.8, 4) is 11.5 Å². The van der Waals surface area contributed by atoms with Gasteiger partial charge in [0.15, 0.2) is 17.1 Å². The molecule has 270 valence electrons. The normalized spacial score (nSPS) is 26.1. The van der Waals surface area contributed by atoms with Gasteiger partial charge >= 0.3 is 0 Å². The molecule has 0 radical (unpaired) electrons. The number of anilines is 1. The maximum absolute atomic E-state index is 15.1. The van der Waals surface area contributed by atoms with E-state index in [0.29, 0.717) is 50.9 Å². The molecule has 0 spiro atoms. The van der Waals surface area contributed by atoms with E-state index in [-0.39, 0.29) is 42.8 Å². The topological polar surface area (TPSA) is 131 Å². The number of benzene rings is 4. The lowest BCUT2D eigenvalue weighted by Crippen LogP contribution is -2.58. The molecule has 0 unspecified atom stereocenters. The number of carbonyl (C=O) groups excluding carboxylic acids is 4. The Bertz CT molecular complexity index is 2570. The molecule has 6 atom stereocenters. The second-order valence-electron chi connectivity index (χ2n) is 14.8. The number of carbonyl (C=O) groups is 4. The molecule has 3 heterocycles. The number of imide groups is 1. The van der Waals surface area contributed by atoms with Gasteiger partial charge in [-0.15, -0.1) is 0 Å². The van der Waals surface area contributed by atoms with E-state index in [4.69, 9.17) is 8.83 Å². The molecular formula is C46H34N2O7. The summed E-state index contributed by atoms with van der Waals surface area (Å²) in [5, 5.41) is 10.1. The zero-order chi connectivity index (χ0) is 37.4. The zero-order valence-electron chi connectivity index (χ0n) is 29.5. The first-order valence-corrected chi connectivity index (χ1v) is 18.5. The van der Waals surface area contributed by atoms with Gasteiger partial charge in [-0.3, -0.25) is 24.1 Å². The van der Waals surface area contributed by atoms with Crippen LogP contribution in [0, 0.1) is 23.7 Å². The molecule has 3 aliphatic carbocycles. The van der Waals surface area contributed by atoms with Gasteiger partial charge in [0, 0.05) is 17.1 Å². The lowest BCUT2D eigenvalue weighted by molar-refractivity contribution is -0.135. The molecule has 55 heavy (non-hydrogen) atoms. The van der Waals surface area contributed by atoms with E-state index in [1.807, 2.05) is 91.0 Å². The van der Waals surface area contributed by atoms with Crippen molar-refractivity contribution in [1.82, 2.24) is 4.98 Å². The average molecular weight is 727 g/mol. The summed E-state index contributed by atoms with van der Waals surface area (Å²) in [6.07, 6.45) is 3.94. The Morgan fingerprint density at radius 2 is 1.47 bits per heavy atom. The van der Waals surface area contributed by atoms with E-state index >= 15 is 9.59 Å². The van der Waals surface area contributed by atoms with Crippen molar-refractivity contribution >= 4 is 45.7 Å². The Labute approximate surface area is 315 Å². The third-order valence-electron chi connectivity index (χ3n) is 12.2. The number of ketones is 2. The van der Waals surface area contributed by atoms with Gasteiger partial charge in [-0.05, 0) is 84.5 Å². The average Bonchev–Trinajstić information content (AvgIpc) is 3.95. The predicted octanol–water partition coefficient (Wildman–Crippen LogP) is 7.61. The van der Waals surface area contributed by atoms with Gasteiger partial charge in [0.25, 0.3) is 0 Å². The maximum atomic E-state index is 15.1. The number of furan rings is 1. The number of Topliss-reactive ketones (excluding diaryl/α,β-unsaturated/α-hetero) is 1. The standard InChI is InChI=1S/C46H34N2O7/c49-25-30-19-22-38(54-30)41-31-20-21-32-40(45(53)48(44(32)52)29-17-15-27(16-18-29)43-47-36-13-7-8-14-37(36)55-43)34(31)23-35-42(51)33(26-9-3-1-4-10-26)24-39(50)46(35,41)28-11-5-2-6-12-28/h1-20,22,24,32,34-35,40-41,49H,21,23,25H2/t32-,34+,35-,40-,41+,46-/m0/s1. The molecule has 0 bridgehead atoms. The fourth-order valence-electron chi connectivity index (χ4n) is 9.82. The Morgan fingerprint density at radius 3 is 2.20 bits per heavy atom. The Kier molecular flexibility index (Phi) is 7.57. The summed E-state index contributed by atoms with van der Waals surface area (Å²) in [6, 6.07) is 36.5. The zero-order valence-corrected chi connectivity index (χ0v) is 29.5. The van der Waals surface area contributed by atoms with Gasteiger partial charge in [0.1, 0.15) is 23.6 Å². The van der Waals surface area contributed by atoms with Crippen LogP contribution in [0.4, 0.5) is 5.69 Å². The first kappa shape index (κ1) is 33.1. The highest BCUT2D eigenvalue weighted by molar-refractivity contribution is 6.32. The predicted molar refractivity (Wildman–Crippen MR) is 203 cm³/mol. The van der Waals surface area contributed by atoms with Gasteiger partial charge < -0.3 is 13.9 Å². The van der Waals surface area contributed by atoms with E-state index < -0.39 is 35.0 Å². The lowest BCUT2D eigenvalue weighted by Gasteiger charge is -2.54. The number of aromatic nitrogens is 1. The van der Waals surface area contributed by atoms with Crippen molar-refractivity contribution in [2.24, 2.45) is 23.7 Å². The summed E-state index contributed by atoms with van der Waals surface area (Å²) in [5.41, 5.74) is 3.57. The first-order chi connectivity index (χ1) is 26.9. The van der Waals surface area contributed by atoms with Crippen LogP contribution >= 0.6 is 0 Å². The summed E-state index contributed by atoms with van der Waals surface area (Å²) >= 11 is 0. The summed E-state index contributed by atoms with van der Waals surface area (Å²) in [4.78, 5) is 65.0. The van der Waals surface area contributed by atoms with Crippen molar-refractivity contribution in [2.75, 3.05) is 4.90 Å². The molecule has 1 N–H and O–H groups in total. The van der Waals surface area contributed by atoms with Crippen LogP contribution in [0.25, 0.3) is 28.1 Å². The number of allylic oxidation sites excluding steroid dienone is 4. The molecule has 2 fully saturated rings. The number of hydrogen-bond donors (Lipinski definition) is 1. The molecule has 1 saturated heterocycles. The number of para-hydroxylation sites is 2. The molecule has 9 heteroatoms. The van der Waals surface area contributed by atoms with E-state index in [2.05, 4.69) is 4.98 Å². The summed E-state index contributed by atoms with van der Waals surface area (Å²) in [7, 11) is 0. The second kappa shape index (κ2) is 12.6. The van der Waals surface area contributed by atoms with Crippen LogP contribution in [0.5, 0.6) is 0 Å². The van der Waals surface area contributed by atoms with E-state index in [0.717, 1.165) is 11.1 Å². The number of fused-ring (bicyclic) bond motifs is 5. The first-order valence-electron chi connectivity index (χ1n) is 18.5. The smallest absolute Gasteiger partial charge is 0.238 e. The second-order valence-corrected chi connectivity index (χ2v) is 14.8. The summed E-state index contributed by atoms with van der Waals surface area (Å²) < 4.78 is 12.2. The van der Waals surface area contributed by atoms with Gasteiger partial charge in [-0.2, -0.15) is 0 Å². The number of nitrogens with zero attached hydrogens (tertiary/aromatic N) is 2. The fourth-order valence-corrected chi connectivity index (χ4v) is 9.82. The Hall–Kier alpha value is -6.45. The van der Waals surface area contributed by atoms with Crippen LogP contribution in [0.3, 0.4) is 0 Å². The molecular weight excluding hydrogens is 693 g/mol. The third-order valence-corrected chi connectivity index (χ3v) is 12.2. The summed E-state index contributed by atoms with van der Waals surface area (Å²) in [6.45, 7) is -0.347. The highest BCUT2D eigenvalue weighted by Gasteiger charge is 2.66. The molecule has 4 aromatic carbocycles. The fraction of sp³-hybridized carbons (Fsp3) is 0.196. The van der Waals surface area contributed by atoms with Crippen LogP contribution in [-0.4, -0.2) is 33.5 Å². The largest absolute Gasteiger partial charge is 0.463 e. The van der Waals surface area contributed by atoms with E-state index in [1.54, 1.807) is 36.4 Å². The third kappa shape index (κ3) is 4.86. The minimum atomic E-state index is -1.40. The van der Waals surface area contributed by atoms with Crippen molar-refractivity contribution in [3.05, 3.63) is 162 Å². The van der Waals surface area contributed by atoms with Crippen molar-refractivity contribution in [3.63, 3.8) is 0 Å². The number of aliphatic hydroxyl groups is 1. The van der Waals surface area contributed by atoms with Gasteiger partial charge in [-0.1, -0.05) is 84.4 Å². The van der Waals surface area contributed by atoms with Crippen LogP contribution < -0.4 is 4.90 Å². The lowest BCUT2D eigenvalue weighted by atomic mass is 9.45. The molecule has 9 nitrogen and oxygen atoms in total. The minimum Gasteiger partial charge on any atom is -0.463 e. The summed E-state index contributed by atoms with van der Waals surface area (Å²) in [5.74, 6) is -3.50. The number of hydrogen-bond acceptors (Lipinski definition) is 8. The van der Waals surface area contributed by atoms with Gasteiger partial charge in [0.05, 0.1) is 28.9 Å². The molecule has 10 rings (SSSR count). The van der Waals surface area contributed by atoms with Crippen LogP contribution in [0.15, 0.2) is 148 Å². The molecule has 2 aromatic heterocycles. The van der Waals surface area contributed by atoms with Crippen LogP contribution in [0.2, 0.25) is 0 Å². The van der Waals surface area contributed by atoms with Gasteiger partial charge in [0.2, 0.25) is 17.7 Å². The van der Waals surface area contributed by atoms with Crippen molar-refractivity contribution in [2.45, 2.75) is 30.8 Å². The molecule has 1 saturated carbocycles. The number of oxazole rings is 1. The SMILES string of the molecule is O=C1C(c2ccccc2)=CC(=O)[C@@]2(c3ccccc3)[C@@H](c3ccc(CO)o3)C3=CC[C@@H]4C(=O)N(c5ccc(-c6nc7ccccc7o6)cc5)C(=O)[C@@H]4[C@@H]3C[C@@H]12. The number of rotatable bonds is 6. The van der Waals surface area contributed by atoms with Gasteiger partial charge in [-0.25, -0.2) is 4.98 Å². The maximum Gasteiger partial charge on any atom is 0.238 e. The highest BCUT2D eigenvalue weighted by atomic mass is 16.4. The minimum absolute atomic E-state index is 0.185. The van der Waals surface area contributed by atoms with Crippen molar-refractivity contribution in [1.29, 1.82) is 0 Å². The highest BCUT2D eigenvalue weighted by Crippen LogP contribution is 2.64. The molecule has 4 aliphatic rings. The van der Waals surface area contributed by atoms with E-state index in [1.165, 1.54) is 11.0 Å². The van der Waals surface area contributed by atoms with Crippen molar-refractivity contribution < 1.29 is 33.1 Å². The van der Waals surface area contributed by atoms with Crippen LogP contribution in [0.1, 0.15) is 41.4 Å². The Morgan fingerprint density at radius 1 is 0.745 bits per heavy atom.